The lowest BCUT2D eigenvalue weighted by Crippen LogP contribution is -2.16. The van der Waals surface area contributed by atoms with E-state index in [2.05, 4.69) is 260 Å². The maximum absolute atomic E-state index is 2.52. The molecular weight excluding hydrogens is 817 g/mol. The van der Waals surface area contributed by atoms with Gasteiger partial charge in [-0.3, -0.25) is 0 Å². The Morgan fingerprint density at radius 2 is 0.500 bits per heavy atom. The van der Waals surface area contributed by atoms with E-state index in [0.29, 0.717) is 0 Å². The van der Waals surface area contributed by atoms with Gasteiger partial charge >= 0.3 is 0 Å². The number of aryl methyl sites for hydroxylation is 2. The van der Waals surface area contributed by atoms with Crippen LogP contribution >= 0.6 is 0 Å². The summed E-state index contributed by atoms with van der Waals surface area (Å²) < 4.78 is 0. The molecule has 0 nitrogen and oxygen atoms in total. The van der Waals surface area contributed by atoms with Crippen molar-refractivity contribution >= 4 is 0 Å². The van der Waals surface area contributed by atoms with E-state index in [9.17, 15) is 0 Å². The molecule has 0 saturated carbocycles. The third-order valence-electron chi connectivity index (χ3n) is 15.3. The van der Waals surface area contributed by atoms with Crippen molar-refractivity contribution in [1.82, 2.24) is 0 Å². The van der Waals surface area contributed by atoms with Gasteiger partial charge in [0, 0.05) is 10.8 Å². The van der Waals surface area contributed by atoms with E-state index in [-0.39, 0.29) is 10.8 Å². The fourth-order valence-corrected chi connectivity index (χ4v) is 11.5. The molecule has 0 radical (unpaired) electrons. The third-order valence-corrected chi connectivity index (χ3v) is 15.3. The minimum Gasteiger partial charge on any atom is -0.0622 e. The molecule has 0 spiro atoms. The number of hydrogen-bond donors (Lipinski definition) is 0. The molecule has 0 unspecified atom stereocenters. The number of fused-ring (bicyclic) bond motifs is 6. The number of benzene rings is 10. The molecule has 0 aromatic heterocycles. The van der Waals surface area contributed by atoms with Gasteiger partial charge in [-0.25, -0.2) is 0 Å². The predicted molar refractivity (Wildman–Crippen MR) is 289 cm³/mol. The second-order valence-electron chi connectivity index (χ2n) is 20.3. The molecule has 0 heteroatoms. The smallest absolute Gasteiger partial charge is 0.0159 e. The normalized spacial score (nSPS) is 13.7. The molecule has 0 fully saturated rings. The minimum atomic E-state index is -0.185. The van der Waals surface area contributed by atoms with Crippen LogP contribution in [0.2, 0.25) is 0 Å². The zero-order valence-corrected chi connectivity index (χ0v) is 39.8. The standard InChI is InChI=1S/C68H54/c1-43-31-61-62-32-44(2)60(56-37-53(47-23-15-9-16-24-47)34-54(38-56)48-25-17-10-18-26-48)42-66(62)68(5,6)65(61)41-59(43)50-28-30-58-57-29-27-49(39-63(57)67(3,4)64(58)40-50)55-35-51(45-19-11-7-12-20-45)33-52(36-55)46-21-13-8-14-22-46/h7-42H,1-6H3. The Morgan fingerprint density at radius 1 is 0.206 bits per heavy atom. The van der Waals surface area contributed by atoms with Crippen molar-refractivity contribution in [2.24, 2.45) is 0 Å². The second-order valence-corrected chi connectivity index (χ2v) is 20.3. The Kier molecular flexibility index (Phi) is 9.75. The lowest BCUT2D eigenvalue weighted by molar-refractivity contribution is 0.659. The first-order valence-corrected chi connectivity index (χ1v) is 24.1. The summed E-state index contributed by atoms with van der Waals surface area (Å²) in [5.41, 5.74) is 30.6. The molecule has 0 N–H and O–H groups in total. The van der Waals surface area contributed by atoms with Crippen LogP contribution in [0.15, 0.2) is 218 Å². The Hall–Kier alpha value is -7.80. The van der Waals surface area contributed by atoms with Crippen LogP contribution in [0.3, 0.4) is 0 Å². The van der Waals surface area contributed by atoms with E-state index in [0.717, 1.165) is 0 Å². The molecule has 10 aromatic carbocycles. The molecule has 326 valence electrons. The fourth-order valence-electron chi connectivity index (χ4n) is 11.5. The zero-order chi connectivity index (χ0) is 46.3. The highest BCUT2D eigenvalue weighted by Gasteiger charge is 2.39. The third kappa shape index (κ3) is 6.89. The van der Waals surface area contributed by atoms with Crippen molar-refractivity contribution in [3.63, 3.8) is 0 Å². The molecule has 0 amide bonds. The molecule has 0 bridgehead atoms. The molecule has 0 saturated heterocycles. The van der Waals surface area contributed by atoms with Gasteiger partial charge in [0.15, 0.2) is 0 Å². The summed E-state index contributed by atoms with van der Waals surface area (Å²) in [7, 11) is 0. The molecular formula is C68H54. The summed E-state index contributed by atoms with van der Waals surface area (Å²) in [6.07, 6.45) is 0. The van der Waals surface area contributed by atoms with Gasteiger partial charge in [0.25, 0.3) is 0 Å². The molecule has 12 rings (SSSR count). The molecule has 0 heterocycles. The average Bonchev–Trinajstić information content (AvgIpc) is 3.73. The van der Waals surface area contributed by atoms with Crippen LogP contribution in [-0.2, 0) is 10.8 Å². The number of hydrogen-bond acceptors (Lipinski definition) is 0. The lowest BCUT2D eigenvalue weighted by atomic mass is 9.79. The van der Waals surface area contributed by atoms with Gasteiger partial charge in [-0.1, -0.05) is 185 Å². The summed E-state index contributed by atoms with van der Waals surface area (Å²) in [6, 6.07) is 81.6. The summed E-state index contributed by atoms with van der Waals surface area (Å²) in [5, 5.41) is 0. The summed E-state index contributed by atoms with van der Waals surface area (Å²) in [6.45, 7) is 14.3. The Labute approximate surface area is 402 Å². The van der Waals surface area contributed by atoms with E-state index >= 15 is 0 Å². The monoisotopic (exact) mass is 870 g/mol. The van der Waals surface area contributed by atoms with Crippen molar-refractivity contribution in [3.05, 3.63) is 252 Å². The molecule has 68 heavy (non-hydrogen) atoms. The van der Waals surface area contributed by atoms with Crippen LogP contribution < -0.4 is 0 Å². The van der Waals surface area contributed by atoms with Crippen molar-refractivity contribution in [2.75, 3.05) is 0 Å². The highest BCUT2D eigenvalue weighted by molar-refractivity contribution is 5.92. The average molecular weight is 871 g/mol. The van der Waals surface area contributed by atoms with E-state index in [4.69, 9.17) is 0 Å². The van der Waals surface area contributed by atoms with Gasteiger partial charge in [0.05, 0.1) is 0 Å². The topological polar surface area (TPSA) is 0 Å². The lowest BCUT2D eigenvalue weighted by Gasteiger charge is -2.25. The second kappa shape index (κ2) is 15.9. The molecule has 0 aliphatic heterocycles. The van der Waals surface area contributed by atoms with Crippen LogP contribution in [0.25, 0.3) is 100 Å². The molecule has 0 atom stereocenters. The van der Waals surface area contributed by atoms with Crippen LogP contribution in [-0.4, -0.2) is 0 Å². The van der Waals surface area contributed by atoms with Crippen LogP contribution in [0.5, 0.6) is 0 Å². The molecule has 2 aliphatic rings. The quantitative estimate of drug-likeness (QED) is 0.150. The van der Waals surface area contributed by atoms with Crippen LogP contribution in [0, 0.1) is 13.8 Å². The van der Waals surface area contributed by atoms with Gasteiger partial charge in [-0.05, 0) is 208 Å². The van der Waals surface area contributed by atoms with Gasteiger partial charge < -0.3 is 0 Å². The summed E-state index contributed by atoms with van der Waals surface area (Å²) in [5.74, 6) is 0. The van der Waals surface area contributed by atoms with Crippen molar-refractivity contribution < 1.29 is 0 Å². The van der Waals surface area contributed by atoms with Gasteiger partial charge in [0.2, 0.25) is 0 Å². The van der Waals surface area contributed by atoms with E-state index in [1.54, 1.807) is 0 Å². The summed E-state index contributed by atoms with van der Waals surface area (Å²) >= 11 is 0. The van der Waals surface area contributed by atoms with Crippen molar-refractivity contribution in [1.29, 1.82) is 0 Å². The summed E-state index contributed by atoms with van der Waals surface area (Å²) in [4.78, 5) is 0. The maximum Gasteiger partial charge on any atom is 0.0159 e. The molecule has 10 aromatic rings. The SMILES string of the molecule is Cc1cc2c(cc1-c1cc(-c3ccccc3)cc(-c3ccccc3)c1)C(C)(C)c1cc(-c3ccc4c(c3)C(C)(C)c3cc(-c5cc(-c6ccccc6)cc(-c6ccccc6)c5)ccc3-4)c(C)cc1-2. The maximum atomic E-state index is 2.52. The van der Waals surface area contributed by atoms with Gasteiger partial charge in [-0.2, -0.15) is 0 Å². The first kappa shape index (κ1) is 41.6. The predicted octanol–water partition coefficient (Wildman–Crippen LogP) is 18.6. The van der Waals surface area contributed by atoms with E-state index < -0.39 is 0 Å². The van der Waals surface area contributed by atoms with Crippen LogP contribution in [0.4, 0.5) is 0 Å². The first-order valence-electron chi connectivity index (χ1n) is 24.1. The van der Waals surface area contributed by atoms with Gasteiger partial charge in [0.1, 0.15) is 0 Å². The zero-order valence-electron chi connectivity index (χ0n) is 39.8. The highest BCUT2D eigenvalue weighted by Crippen LogP contribution is 2.54. The van der Waals surface area contributed by atoms with E-state index in [1.165, 1.54) is 134 Å². The van der Waals surface area contributed by atoms with Crippen molar-refractivity contribution in [2.45, 2.75) is 52.4 Å². The van der Waals surface area contributed by atoms with E-state index in [1.807, 2.05) is 0 Å². The van der Waals surface area contributed by atoms with Crippen LogP contribution in [0.1, 0.15) is 61.1 Å². The Morgan fingerprint density at radius 3 is 0.882 bits per heavy atom. The Bertz CT molecular complexity index is 3470. The molecule has 2 aliphatic carbocycles. The first-order chi connectivity index (χ1) is 33.0. The highest BCUT2D eigenvalue weighted by atomic mass is 14.4. The number of rotatable bonds is 7. The minimum absolute atomic E-state index is 0.178. The van der Waals surface area contributed by atoms with Gasteiger partial charge in [-0.15, -0.1) is 0 Å². The fraction of sp³-hybridized carbons (Fsp3) is 0.118. The Balaban J connectivity index is 0.904. The van der Waals surface area contributed by atoms with Crippen molar-refractivity contribution in [3.8, 4) is 100 Å². The largest absolute Gasteiger partial charge is 0.0622 e.